The molecule has 1 aromatic heterocycles. The van der Waals surface area contributed by atoms with Crippen molar-refractivity contribution in [2.45, 2.75) is 6.92 Å². The normalized spacial score (nSPS) is 11.0. The predicted molar refractivity (Wildman–Crippen MR) is 70.3 cm³/mol. The van der Waals surface area contributed by atoms with E-state index in [-0.39, 0.29) is 5.75 Å². The first kappa shape index (κ1) is 11.0. The molecule has 0 aliphatic carbocycles. The van der Waals surface area contributed by atoms with Crippen molar-refractivity contribution in [1.29, 1.82) is 0 Å². The van der Waals surface area contributed by atoms with Crippen molar-refractivity contribution < 1.29 is 5.11 Å². The van der Waals surface area contributed by atoms with Gasteiger partial charge in [-0.25, -0.2) is 0 Å². The van der Waals surface area contributed by atoms with E-state index >= 15 is 0 Å². The average Bonchev–Trinajstić information content (AvgIpc) is 2.74. The molecule has 3 rings (SSSR count). The summed E-state index contributed by atoms with van der Waals surface area (Å²) in [4.78, 5) is 1.42. The Kier molecular flexibility index (Phi) is 2.45. The largest absolute Gasteiger partial charge is 0.506 e. The number of benzene rings is 2. The van der Waals surface area contributed by atoms with Gasteiger partial charge in [-0.3, -0.25) is 0 Å². The Hall–Kier alpha value is -2.07. The number of rotatable bonds is 1. The second kappa shape index (κ2) is 3.99. The van der Waals surface area contributed by atoms with Crippen LogP contribution in [0.2, 0.25) is 5.02 Å². The third-order valence-electron chi connectivity index (χ3n) is 2.69. The lowest BCUT2D eigenvalue weighted by Crippen LogP contribution is -1.99. The Bertz CT molecular complexity index is 736. The van der Waals surface area contributed by atoms with E-state index in [9.17, 15) is 5.11 Å². The SMILES string of the molecule is Cc1ccc(O)c(-n2nc3ccc(Cl)cc3n2)c1. The molecule has 5 heteroatoms. The van der Waals surface area contributed by atoms with Crippen LogP contribution in [0.25, 0.3) is 16.7 Å². The molecule has 4 nitrogen and oxygen atoms in total. The van der Waals surface area contributed by atoms with E-state index < -0.39 is 0 Å². The van der Waals surface area contributed by atoms with Crippen LogP contribution in [0.5, 0.6) is 5.75 Å². The van der Waals surface area contributed by atoms with Gasteiger partial charge >= 0.3 is 0 Å². The van der Waals surface area contributed by atoms with Gasteiger partial charge in [0.05, 0.1) is 0 Å². The summed E-state index contributed by atoms with van der Waals surface area (Å²) in [6.45, 7) is 1.95. The summed E-state index contributed by atoms with van der Waals surface area (Å²) in [6, 6.07) is 10.6. The van der Waals surface area contributed by atoms with Crippen LogP contribution in [0, 0.1) is 6.92 Å². The minimum Gasteiger partial charge on any atom is -0.506 e. The highest BCUT2D eigenvalue weighted by molar-refractivity contribution is 6.31. The predicted octanol–water partition coefficient (Wildman–Crippen LogP) is 3.09. The van der Waals surface area contributed by atoms with E-state index in [1.807, 2.05) is 19.1 Å². The first-order valence-corrected chi connectivity index (χ1v) is 5.84. The number of halogens is 1. The van der Waals surface area contributed by atoms with Crippen molar-refractivity contribution in [3.8, 4) is 11.4 Å². The lowest BCUT2D eigenvalue weighted by molar-refractivity contribution is 0.467. The molecule has 0 radical (unpaired) electrons. The Balaban J connectivity index is 2.22. The Morgan fingerprint density at radius 3 is 2.67 bits per heavy atom. The second-order valence-electron chi connectivity index (χ2n) is 4.11. The van der Waals surface area contributed by atoms with E-state index in [1.54, 1.807) is 24.3 Å². The molecule has 0 fully saturated rings. The number of fused-ring (bicyclic) bond motifs is 1. The minimum absolute atomic E-state index is 0.145. The summed E-state index contributed by atoms with van der Waals surface area (Å²) in [6.07, 6.45) is 0. The highest BCUT2D eigenvalue weighted by atomic mass is 35.5. The zero-order valence-electron chi connectivity index (χ0n) is 9.63. The van der Waals surface area contributed by atoms with E-state index in [4.69, 9.17) is 11.6 Å². The Morgan fingerprint density at radius 1 is 1.06 bits per heavy atom. The molecule has 0 atom stereocenters. The fraction of sp³-hybridized carbons (Fsp3) is 0.0769. The lowest BCUT2D eigenvalue weighted by Gasteiger charge is -2.03. The zero-order chi connectivity index (χ0) is 12.7. The Morgan fingerprint density at radius 2 is 1.83 bits per heavy atom. The van der Waals surface area contributed by atoms with Gasteiger partial charge in [-0.15, -0.1) is 15.0 Å². The lowest BCUT2D eigenvalue weighted by atomic mass is 10.2. The quantitative estimate of drug-likeness (QED) is 0.731. The van der Waals surface area contributed by atoms with Crippen molar-refractivity contribution in [3.05, 3.63) is 47.0 Å². The number of hydrogen-bond acceptors (Lipinski definition) is 3. The van der Waals surface area contributed by atoms with Gasteiger partial charge < -0.3 is 5.11 Å². The maximum atomic E-state index is 9.84. The van der Waals surface area contributed by atoms with Gasteiger partial charge in [0.2, 0.25) is 0 Å². The number of aromatic nitrogens is 3. The highest BCUT2D eigenvalue weighted by Crippen LogP contribution is 2.23. The summed E-state index contributed by atoms with van der Waals surface area (Å²) in [5.41, 5.74) is 3.02. The molecule has 0 saturated carbocycles. The van der Waals surface area contributed by atoms with Crippen molar-refractivity contribution in [2.24, 2.45) is 0 Å². The van der Waals surface area contributed by atoms with Gasteiger partial charge in [0.25, 0.3) is 0 Å². The smallest absolute Gasteiger partial charge is 0.143 e. The van der Waals surface area contributed by atoms with Crippen LogP contribution >= 0.6 is 11.6 Å². The molecule has 0 bridgehead atoms. The fourth-order valence-electron chi connectivity index (χ4n) is 1.79. The van der Waals surface area contributed by atoms with Crippen molar-refractivity contribution in [1.82, 2.24) is 15.0 Å². The molecular weight excluding hydrogens is 250 g/mol. The van der Waals surface area contributed by atoms with Crippen molar-refractivity contribution in [3.63, 3.8) is 0 Å². The standard InChI is InChI=1S/C13H10ClN3O/c1-8-2-5-13(18)12(6-8)17-15-10-4-3-9(14)7-11(10)16-17/h2-7,18H,1H3. The highest BCUT2D eigenvalue weighted by Gasteiger charge is 2.09. The molecule has 18 heavy (non-hydrogen) atoms. The van der Waals surface area contributed by atoms with Crippen LogP contribution in [0.15, 0.2) is 36.4 Å². The molecule has 3 aromatic rings. The number of phenols is 1. The van der Waals surface area contributed by atoms with Crippen LogP contribution in [-0.4, -0.2) is 20.1 Å². The summed E-state index contributed by atoms with van der Waals surface area (Å²) < 4.78 is 0. The first-order chi connectivity index (χ1) is 8.63. The van der Waals surface area contributed by atoms with Crippen LogP contribution in [0.1, 0.15) is 5.56 Å². The van der Waals surface area contributed by atoms with Gasteiger partial charge in [-0.1, -0.05) is 17.7 Å². The Labute approximate surface area is 108 Å². The van der Waals surface area contributed by atoms with E-state index in [1.165, 1.54) is 4.80 Å². The molecule has 0 spiro atoms. The summed E-state index contributed by atoms with van der Waals surface area (Å²) in [5.74, 6) is 0.145. The van der Waals surface area contributed by atoms with Gasteiger partial charge in [-0.2, -0.15) is 0 Å². The maximum absolute atomic E-state index is 9.84. The minimum atomic E-state index is 0.145. The zero-order valence-corrected chi connectivity index (χ0v) is 10.4. The third-order valence-corrected chi connectivity index (χ3v) is 2.92. The molecule has 0 saturated heterocycles. The van der Waals surface area contributed by atoms with E-state index in [0.717, 1.165) is 11.1 Å². The number of phenolic OH excluding ortho intramolecular Hbond substituents is 1. The van der Waals surface area contributed by atoms with Crippen LogP contribution < -0.4 is 0 Å². The van der Waals surface area contributed by atoms with Crippen LogP contribution in [0.4, 0.5) is 0 Å². The van der Waals surface area contributed by atoms with E-state index in [0.29, 0.717) is 16.2 Å². The summed E-state index contributed by atoms with van der Waals surface area (Å²) in [5, 5.41) is 19.1. The number of aromatic hydroxyl groups is 1. The van der Waals surface area contributed by atoms with Crippen molar-refractivity contribution >= 4 is 22.6 Å². The van der Waals surface area contributed by atoms with Gasteiger partial charge in [0, 0.05) is 5.02 Å². The molecule has 0 unspecified atom stereocenters. The molecule has 2 aromatic carbocycles. The molecule has 0 aliphatic rings. The summed E-state index contributed by atoms with van der Waals surface area (Å²) >= 11 is 5.90. The van der Waals surface area contributed by atoms with Crippen molar-refractivity contribution in [2.75, 3.05) is 0 Å². The molecule has 1 heterocycles. The summed E-state index contributed by atoms with van der Waals surface area (Å²) in [7, 11) is 0. The van der Waals surface area contributed by atoms with Gasteiger partial charge in [0.15, 0.2) is 0 Å². The molecule has 0 aliphatic heterocycles. The van der Waals surface area contributed by atoms with Gasteiger partial charge in [-0.05, 0) is 42.8 Å². The number of aryl methyl sites for hydroxylation is 1. The third kappa shape index (κ3) is 1.80. The first-order valence-electron chi connectivity index (χ1n) is 5.46. The maximum Gasteiger partial charge on any atom is 0.143 e. The molecular formula is C13H10ClN3O. The van der Waals surface area contributed by atoms with Gasteiger partial charge in [0.1, 0.15) is 22.5 Å². The topological polar surface area (TPSA) is 50.9 Å². The second-order valence-corrected chi connectivity index (χ2v) is 4.55. The van der Waals surface area contributed by atoms with E-state index in [2.05, 4.69) is 10.2 Å². The van der Waals surface area contributed by atoms with Crippen LogP contribution in [0.3, 0.4) is 0 Å². The molecule has 1 N–H and O–H groups in total. The number of nitrogens with zero attached hydrogens (tertiary/aromatic N) is 3. The average molecular weight is 260 g/mol. The molecule has 0 amide bonds. The number of hydrogen-bond donors (Lipinski definition) is 1. The monoisotopic (exact) mass is 259 g/mol. The molecule has 90 valence electrons. The fourth-order valence-corrected chi connectivity index (χ4v) is 1.96. The van der Waals surface area contributed by atoms with Crippen LogP contribution in [-0.2, 0) is 0 Å².